The largest absolute Gasteiger partial charge is 0.481 e. The van der Waals surface area contributed by atoms with Crippen molar-refractivity contribution in [1.29, 1.82) is 0 Å². The van der Waals surface area contributed by atoms with Crippen LogP contribution in [0, 0.1) is 12.8 Å². The molecule has 0 aliphatic heterocycles. The van der Waals surface area contributed by atoms with Crippen LogP contribution in [0.4, 0.5) is 5.82 Å². The van der Waals surface area contributed by atoms with Gasteiger partial charge in [0, 0.05) is 17.8 Å². The van der Waals surface area contributed by atoms with E-state index in [1.807, 2.05) is 19.9 Å². The number of anilines is 1. The Labute approximate surface area is 104 Å². The Hall–Kier alpha value is -2.18. The maximum atomic E-state index is 10.9. The molecule has 2 unspecified atom stereocenters. The molecule has 0 saturated carbocycles. The van der Waals surface area contributed by atoms with Gasteiger partial charge in [0.05, 0.1) is 5.92 Å². The molecule has 7 nitrogen and oxygen atoms in total. The van der Waals surface area contributed by atoms with E-state index in [1.54, 1.807) is 11.4 Å². The molecule has 0 aromatic carbocycles. The molecule has 0 spiro atoms. The molecule has 2 rings (SSSR count). The zero-order chi connectivity index (χ0) is 13.3. The molecule has 2 aromatic heterocycles. The summed E-state index contributed by atoms with van der Waals surface area (Å²) < 4.78 is 1.55. The lowest BCUT2D eigenvalue weighted by Crippen LogP contribution is -2.30. The van der Waals surface area contributed by atoms with Gasteiger partial charge in [-0.2, -0.15) is 14.6 Å². The summed E-state index contributed by atoms with van der Waals surface area (Å²) in [5, 5.41) is 16.2. The fourth-order valence-corrected chi connectivity index (χ4v) is 1.61. The number of nitrogens with one attached hydrogen (secondary N) is 1. The number of aromatic nitrogens is 4. The molecule has 0 saturated heterocycles. The van der Waals surface area contributed by atoms with E-state index in [1.165, 1.54) is 6.33 Å². The van der Waals surface area contributed by atoms with Crippen molar-refractivity contribution < 1.29 is 9.90 Å². The van der Waals surface area contributed by atoms with E-state index >= 15 is 0 Å². The number of hydrogen-bond donors (Lipinski definition) is 2. The number of carbonyl (C=O) groups is 1. The molecule has 2 heterocycles. The van der Waals surface area contributed by atoms with E-state index in [9.17, 15) is 4.79 Å². The summed E-state index contributed by atoms with van der Waals surface area (Å²) in [4.78, 5) is 19.2. The first-order valence-electron chi connectivity index (χ1n) is 5.65. The van der Waals surface area contributed by atoms with Crippen molar-refractivity contribution in [2.45, 2.75) is 26.8 Å². The number of hydrogen-bond acceptors (Lipinski definition) is 5. The monoisotopic (exact) mass is 249 g/mol. The minimum absolute atomic E-state index is 0.225. The van der Waals surface area contributed by atoms with Crippen LogP contribution in [0.3, 0.4) is 0 Å². The fourth-order valence-electron chi connectivity index (χ4n) is 1.61. The normalized spacial score (nSPS) is 14.4. The molecule has 7 heteroatoms. The Morgan fingerprint density at radius 1 is 1.50 bits per heavy atom. The predicted molar refractivity (Wildman–Crippen MR) is 65.4 cm³/mol. The maximum Gasteiger partial charge on any atom is 0.308 e. The Morgan fingerprint density at radius 3 is 2.89 bits per heavy atom. The fraction of sp³-hybridized carbons (Fsp3) is 0.455. The van der Waals surface area contributed by atoms with Crippen molar-refractivity contribution in [3.63, 3.8) is 0 Å². The maximum absolute atomic E-state index is 10.9. The second-order valence-electron chi connectivity index (χ2n) is 4.31. The zero-order valence-electron chi connectivity index (χ0n) is 10.5. The summed E-state index contributed by atoms with van der Waals surface area (Å²) >= 11 is 0. The van der Waals surface area contributed by atoms with Crippen LogP contribution >= 0.6 is 0 Å². The van der Waals surface area contributed by atoms with Crippen molar-refractivity contribution in [3.8, 4) is 0 Å². The average molecular weight is 249 g/mol. The number of fused-ring (bicyclic) bond motifs is 1. The summed E-state index contributed by atoms with van der Waals surface area (Å²) in [6.45, 7) is 5.33. The molecule has 96 valence electrons. The Balaban J connectivity index is 2.31. The Kier molecular flexibility index (Phi) is 3.14. The SMILES string of the molecule is Cc1cc(NC(C)C(C)C(=O)O)n2ncnc2n1. The van der Waals surface area contributed by atoms with Gasteiger partial charge < -0.3 is 10.4 Å². The lowest BCUT2D eigenvalue weighted by molar-refractivity contribution is -0.141. The molecule has 0 bridgehead atoms. The molecule has 2 atom stereocenters. The lowest BCUT2D eigenvalue weighted by atomic mass is 10.0. The first-order chi connectivity index (χ1) is 8.49. The standard InChI is InChI=1S/C11H15N5O2/c1-6-4-9(15-8(3)7(2)10(17)18)16-11(14-6)12-5-13-16/h4-5,7-8,15H,1-3H3,(H,17,18). The van der Waals surface area contributed by atoms with E-state index < -0.39 is 11.9 Å². The molecule has 0 amide bonds. The van der Waals surface area contributed by atoms with E-state index in [2.05, 4.69) is 20.4 Å². The molecule has 0 aliphatic rings. The smallest absolute Gasteiger partial charge is 0.308 e. The molecular weight excluding hydrogens is 234 g/mol. The second kappa shape index (κ2) is 4.59. The topological polar surface area (TPSA) is 92.4 Å². The van der Waals surface area contributed by atoms with E-state index in [4.69, 9.17) is 5.11 Å². The molecule has 2 aromatic rings. The molecule has 18 heavy (non-hydrogen) atoms. The average Bonchev–Trinajstić information content (AvgIpc) is 2.75. The first-order valence-corrected chi connectivity index (χ1v) is 5.65. The van der Waals surface area contributed by atoms with Crippen LogP contribution in [0.2, 0.25) is 0 Å². The van der Waals surface area contributed by atoms with Gasteiger partial charge >= 0.3 is 5.97 Å². The Bertz CT molecular complexity index is 580. The molecule has 0 aliphatic carbocycles. The van der Waals surface area contributed by atoms with Crippen molar-refractivity contribution in [2.24, 2.45) is 5.92 Å². The molecule has 0 radical (unpaired) electrons. The van der Waals surface area contributed by atoms with Crippen molar-refractivity contribution in [2.75, 3.05) is 5.32 Å². The van der Waals surface area contributed by atoms with Gasteiger partial charge in [-0.05, 0) is 20.8 Å². The van der Waals surface area contributed by atoms with E-state index in [0.29, 0.717) is 11.6 Å². The highest BCUT2D eigenvalue weighted by Gasteiger charge is 2.20. The minimum Gasteiger partial charge on any atom is -0.481 e. The summed E-state index contributed by atoms with van der Waals surface area (Å²) in [7, 11) is 0. The number of aliphatic carboxylic acids is 1. The quantitative estimate of drug-likeness (QED) is 0.838. The highest BCUT2D eigenvalue weighted by atomic mass is 16.4. The van der Waals surface area contributed by atoms with Crippen molar-refractivity contribution in [1.82, 2.24) is 19.6 Å². The highest BCUT2D eigenvalue weighted by molar-refractivity contribution is 5.71. The third-order valence-electron chi connectivity index (χ3n) is 2.89. The molecule has 2 N–H and O–H groups in total. The van der Waals surface area contributed by atoms with Gasteiger partial charge in [-0.1, -0.05) is 0 Å². The Morgan fingerprint density at radius 2 is 2.22 bits per heavy atom. The zero-order valence-corrected chi connectivity index (χ0v) is 10.5. The van der Waals surface area contributed by atoms with Gasteiger partial charge in [0.15, 0.2) is 0 Å². The third-order valence-corrected chi connectivity index (χ3v) is 2.89. The van der Waals surface area contributed by atoms with Gasteiger partial charge in [-0.25, -0.2) is 4.98 Å². The van der Waals surface area contributed by atoms with E-state index in [-0.39, 0.29) is 6.04 Å². The van der Waals surface area contributed by atoms with Crippen LogP contribution in [0.15, 0.2) is 12.4 Å². The van der Waals surface area contributed by atoms with Crippen LogP contribution in [0.25, 0.3) is 5.78 Å². The van der Waals surface area contributed by atoms with Crippen LogP contribution in [0.1, 0.15) is 19.5 Å². The summed E-state index contributed by atoms with van der Waals surface area (Å²) in [5.41, 5.74) is 0.799. The van der Waals surface area contributed by atoms with Crippen LogP contribution < -0.4 is 5.32 Å². The number of carboxylic acids is 1. The number of nitrogens with zero attached hydrogens (tertiary/aromatic N) is 4. The summed E-state index contributed by atoms with van der Waals surface area (Å²) in [6, 6.07) is 1.59. The predicted octanol–water partition coefficient (Wildman–Crippen LogP) is 0.954. The minimum atomic E-state index is -0.837. The van der Waals surface area contributed by atoms with Crippen LogP contribution in [0.5, 0.6) is 0 Å². The third kappa shape index (κ3) is 2.24. The van der Waals surface area contributed by atoms with E-state index in [0.717, 1.165) is 5.69 Å². The second-order valence-corrected chi connectivity index (χ2v) is 4.31. The highest BCUT2D eigenvalue weighted by Crippen LogP contribution is 2.14. The van der Waals surface area contributed by atoms with Gasteiger partial charge in [0.1, 0.15) is 12.1 Å². The number of aryl methyl sites for hydroxylation is 1. The van der Waals surface area contributed by atoms with Crippen LogP contribution in [-0.2, 0) is 4.79 Å². The number of carboxylic acid groups (broad SMARTS) is 1. The summed E-state index contributed by atoms with van der Waals surface area (Å²) in [5.74, 6) is -0.157. The lowest BCUT2D eigenvalue weighted by Gasteiger charge is -2.19. The van der Waals surface area contributed by atoms with Gasteiger partial charge in [-0.3, -0.25) is 4.79 Å². The number of rotatable bonds is 4. The van der Waals surface area contributed by atoms with Crippen molar-refractivity contribution >= 4 is 17.6 Å². The van der Waals surface area contributed by atoms with Gasteiger partial charge in [-0.15, -0.1) is 0 Å². The van der Waals surface area contributed by atoms with Gasteiger partial charge in [0.2, 0.25) is 0 Å². The molecular formula is C11H15N5O2. The molecule has 0 fully saturated rings. The van der Waals surface area contributed by atoms with Gasteiger partial charge in [0.25, 0.3) is 5.78 Å². The van der Waals surface area contributed by atoms with Crippen LogP contribution in [-0.4, -0.2) is 36.7 Å². The summed E-state index contributed by atoms with van der Waals surface area (Å²) in [6.07, 6.45) is 1.41. The first kappa shape index (κ1) is 12.3. The van der Waals surface area contributed by atoms with Crippen molar-refractivity contribution in [3.05, 3.63) is 18.1 Å².